The van der Waals surface area contributed by atoms with Crippen LogP contribution in [0, 0.1) is 5.92 Å². The number of aryl methyl sites for hydroxylation is 1. The third-order valence-electron chi connectivity index (χ3n) is 5.56. The van der Waals surface area contributed by atoms with Crippen molar-refractivity contribution in [3.05, 3.63) is 59.3 Å². The van der Waals surface area contributed by atoms with Crippen molar-refractivity contribution in [2.75, 3.05) is 13.6 Å². The highest BCUT2D eigenvalue weighted by Gasteiger charge is 2.13. The Balaban J connectivity index is 1.92. The van der Waals surface area contributed by atoms with Crippen molar-refractivity contribution in [2.24, 2.45) is 5.92 Å². The second-order valence-corrected chi connectivity index (χ2v) is 7.97. The number of rotatable bonds is 9. The summed E-state index contributed by atoms with van der Waals surface area (Å²) < 4.78 is 0. The number of aromatic nitrogens is 1. The van der Waals surface area contributed by atoms with Crippen LogP contribution in [-0.2, 0) is 22.4 Å². The molecule has 0 bridgehead atoms. The molecular weight excluding hydrogens is 374 g/mol. The molecule has 0 saturated heterocycles. The summed E-state index contributed by atoms with van der Waals surface area (Å²) in [7, 11) is 1.81. The Hall–Kier alpha value is -2.82. The molecule has 0 saturated carbocycles. The molecule has 2 atom stereocenters. The summed E-state index contributed by atoms with van der Waals surface area (Å²) in [6.07, 6.45) is 7.06. The zero-order valence-electron chi connectivity index (χ0n) is 19.1. The van der Waals surface area contributed by atoms with Gasteiger partial charge in [0.05, 0.1) is 12.3 Å². The summed E-state index contributed by atoms with van der Waals surface area (Å²) in [6, 6.07) is 8.32. The van der Waals surface area contributed by atoms with Crippen molar-refractivity contribution in [1.82, 2.24) is 15.2 Å². The molecule has 0 spiro atoms. The predicted octanol–water partition coefficient (Wildman–Crippen LogP) is 4.39. The van der Waals surface area contributed by atoms with Crippen LogP contribution in [0.1, 0.15) is 45.9 Å². The third kappa shape index (κ3) is 6.34. The molecule has 2 aromatic rings. The number of fused-ring (bicyclic) bond motifs is 1. The number of allylic oxidation sites excluding steroid dienone is 2. The number of benzene rings is 1. The second kappa shape index (κ2) is 10.8. The summed E-state index contributed by atoms with van der Waals surface area (Å²) in [4.78, 5) is 29.6. The van der Waals surface area contributed by atoms with Gasteiger partial charge in [0.15, 0.2) is 0 Å². The number of aromatic amines is 1. The summed E-state index contributed by atoms with van der Waals surface area (Å²) in [5.41, 5.74) is 4.29. The second-order valence-electron chi connectivity index (χ2n) is 7.97. The van der Waals surface area contributed by atoms with E-state index in [0.717, 1.165) is 28.6 Å². The Morgan fingerprint density at radius 2 is 1.93 bits per heavy atom. The smallest absolute Gasteiger partial charge is 0.228 e. The monoisotopic (exact) mass is 409 g/mol. The molecule has 0 aliphatic heterocycles. The van der Waals surface area contributed by atoms with Crippen molar-refractivity contribution < 1.29 is 9.59 Å². The maximum absolute atomic E-state index is 12.5. The van der Waals surface area contributed by atoms with Crippen molar-refractivity contribution >= 4 is 22.7 Å². The Morgan fingerprint density at radius 1 is 1.20 bits per heavy atom. The fourth-order valence-corrected chi connectivity index (χ4v) is 3.24. The van der Waals surface area contributed by atoms with Crippen LogP contribution in [0.3, 0.4) is 0 Å². The number of amides is 2. The van der Waals surface area contributed by atoms with Gasteiger partial charge in [0.2, 0.25) is 11.8 Å². The summed E-state index contributed by atoms with van der Waals surface area (Å²) in [6.45, 7) is 10.6. The van der Waals surface area contributed by atoms with Crippen molar-refractivity contribution in [3.8, 4) is 0 Å². The van der Waals surface area contributed by atoms with E-state index in [0.29, 0.717) is 13.0 Å². The van der Waals surface area contributed by atoms with Gasteiger partial charge < -0.3 is 15.2 Å². The van der Waals surface area contributed by atoms with Gasteiger partial charge in [-0.2, -0.15) is 0 Å². The molecule has 2 amide bonds. The molecule has 2 rings (SSSR count). The highest BCUT2D eigenvalue weighted by atomic mass is 16.2. The molecular formula is C25H35N3O2. The average molecular weight is 410 g/mol. The van der Waals surface area contributed by atoms with E-state index < -0.39 is 0 Å². The van der Waals surface area contributed by atoms with Crippen LogP contribution in [0.4, 0.5) is 0 Å². The van der Waals surface area contributed by atoms with Crippen LogP contribution in [0.2, 0.25) is 0 Å². The lowest BCUT2D eigenvalue weighted by atomic mass is 10.1. The number of hydrogen-bond donors (Lipinski definition) is 2. The first-order valence-corrected chi connectivity index (χ1v) is 10.7. The van der Waals surface area contributed by atoms with Crippen molar-refractivity contribution in [3.63, 3.8) is 0 Å². The molecule has 5 heteroatoms. The number of carbonyl (C=O) groups is 2. The first-order valence-electron chi connectivity index (χ1n) is 10.7. The van der Waals surface area contributed by atoms with Gasteiger partial charge in [0, 0.05) is 30.8 Å². The minimum Gasteiger partial charge on any atom is -0.358 e. The van der Waals surface area contributed by atoms with Gasteiger partial charge >= 0.3 is 0 Å². The fourth-order valence-electron chi connectivity index (χ4n) is 3.24. The van der Waals surface area contributed by atoms with Gasteiger partial charge in [-0.05, 0) is 56.3 Å². The topological polar surface area (TPSA) is 65.2 Å². The first kappa shape index (κ1) is 23.5. The molecule has 0 radical (unpaired) electrons. The normalized spacial score (nSPS) is 14.1. The van der Waals surface area contributed by atoms with Crippen LogP contribution in [-0.4, -0.2) is 41.3 Å². The van der Waals surface area contributed by atoms with Gasteiger partial charge in [0.1, 0.15) is 0 Å². The average Bonchev–Trinajstić information content (AvgIpc) is 3.12. The largest absolute Gasteiger partial charge is 0.358 e. The van der Waals surface area contributed by atoms with Crippen LogP contribution >= 0.6 is 0 Å². The lowest BCUT2D eigenvalue weighted by Gasteiger charge is -2.17. The summed E-state index contributed by atoms with van der Waals surface area (Å²) in [5.74, 6) is -0.0840. The lowest BCUT2D eigenvalue weighted by molar-refractivity contribution is -0.132. The summed E-state index contributed by atoms with van der Waals surface area (Å²) >= 11 is 0. The van der Waals surface area contributed by atoms with E-state index >= 15 is 0 Å². The molecule has 1 aromatic heterocycles. The fraction of sp³-hybridized carbons (Fsp3) is 0.440. The zero-order chi connectivity index (χ0) is 22.3. The molecule has 0 fully saturated rings. The number of H-pyrrole nitrogens is 1. The molecule has 30 heavy (non-hydrogen) atoms. The molecule has 5 nitrogen and oxygen atoms in total. The van der Waals surface area contributed by atoms with E-state index in [2.05, 4.69) is 41.5 Å². The Morgan fingerprint density at radius 3 is 2.60 bits per heavy atom. The zero-order valence-corrected chi connectivity index (χ0v) is 19.1. The predicted molar refractivity (Wildman–Crippen MR) is 124 cm³/mol. The molecule has 162 valence electrons. The molecule has 2 N–H and O–H groups in total. The van der Waals surface area contributed by atoms with E-state index in [1.807, 2.05) is 45.9 Å². The Kier molecular flexibility index (Phi) is 8.46. The highest BCUT2D eigenvalue weighted by Crippen LogP contribution is 2.18. The molecule has 0 aliphatic carbocycles. The van der Waals surface area contributed by atoms with Gasteiger partial charge in [-0.3, -0.25) is 9.59 Å². The number of nitrogens with one attached hydrogen (secondary N) is 2. The van der Waals surface area contributed by atoms with Crippen LogP contribution in [0.25, 0.3) is 10.9 Å². The summed E-state index contributed by atoms with van der Waals surface area (Å²) in [5, 5.41) is 4.19. The first-order chi connectivity index (χ1) is 14.2. The molecule has 0 aliphatic rings. The molecule has 1 aromatic carbocycles. The van der Waals surface area contributed by atoms with Crippen LogP contribution < -0.4 is 5.32 Å². The standard InChI is InChI=1S/C25H35N3O2/c1-7-20-12-13-23-21(14-20)15-22(27-23)16-24(29)26-19(5)17(3)10-9-11-18(4)25(30)28(6)8-2/h9-15,18-19,27H,7-8,16H2,1-6H3,(H,26,29)/b11-9?,17-10+. The van der Waals surface area contributed by atoms with Crippen LogP contribution in [0.15, 0.2) is 48.1 Å². The van der Waals surface area contributed by atoms with E-state index in [-0.39, 0.29) is 23.8 Å². The number of carbonyl (C=O) groups excluding carboxylic acids is 2. The Labute approximate surface area is 180 Å². The maximum atomic E-state index is 12.5. The highest BCUT2D eigenvalue weighted by molar-refractivity contribution is 5.84. The van der Waals surface area contributed by atoms with Crippen molar-refractivity contribution in [2.45, 2.75) is 53.5 Å². The minimum absolute atomic E-state index is 0.0189. The van der Waals surface area contributed by atoms with Crippen molar-refractivity contribution in [1.29, 1.82) is 0 Å². The van der Waals surface area contributed by atoms with Gasteiger partial charge in [0.25, 0.3) is 0 Å². The van der Waals surface area contributed by atoms with E-state index in [1.54, 1.807) is 11.9 Å². The van der Waals surface area contributed by atoms with Gasteiger partial charge in [-0.15, -0.1) is 0 Å². The van der Waals surface area contributed by atoms with Crippen LogP contribution in [0.5, 0.6) is 0 Å². The quantitative estimate of drug-likeness (QED) is 0.603. The van der Waals surface area contributed by atoms with E-state index in [9.17, 15) is 9.59 Å². The van der Waals surface area contributed by atoms with E-state index in [1.165, 1.54) is 5.56 Å². The number of hydrogen-bond acceptors (Lipinski definition) is 2. The molecule has 2 unspecified atom stereocenters. The van der Waals surface area contributed by atoms with E-state index in [4.69, 9.17) is 0 Å². The van der Waals surface area contributed by atoms with Gasteiger partial charge in [-0.1, -0.05) is 43.7 Å². The molecule has 1 heterocycles. The SMILES string of the molecule is CCc1ccc2[nH]c(CC(=O)NC(C)/C(C)=C/C=CC(C)C(=O)N(C)CC)cc2c1. The lowest BCUT2D eigenvalue weighted by Crippen LogP contribution is -2.34. The number of nitrogens with zero attached hydrogens (tertiary/aromatic N) is 1. The maximum Gasteiger partial charge on any atom is 0.228 e. The van der Waals surface area contributed by atoms with Gasteiger partial charge in [-0.25, -0.2) is 0 Å². The minimum atomic E-state index is -0.167. The Bertz CT molecular complexity index is 939. The third-order valence-corrected chi connectivity index (χ3v) is 5.56.